The van der Waals surface area contributed by atoms with Gasteiger partial charge < -0.3 is 5.73 Å². The van der Waals surface area contributed by atoms with E-state index >= 15 is 0 Å². The number of primary amides is 1. The molecule has 1 fully saturated rings. The second-order valence-corrected chi connectivity index (χ2v) is 3.31. The summed E-state index contributed by atoms with van der Waals surface area (Å²) in [5.74, 6) is -0.380. The molecule has 2 N–H and O–H groups in total. The molecular weight excluding hydrogens is 152 g/mol. The average Bonchev–Trinajstić information content (AvgIpc) is 2.53. The zero-order valence-electron chi connectivity index (χ0n) is 7.55. The molecule has 68 valence electrons. The lowest BCUT2D eigenvalue weighted by Gasteiger charge is -2.23. The van der Waals surface area contributed by atoms with Gasteiger partial charge in [-0.3, -0.25) is 9.69 Å². The first-order valence-electron chi connectivity index (χ1n) is 4.35. The Morgan fingerprint density at radius 2 is 2.00 bits per heavy atom. The van der Waals surface area contributed by atoms with Gasteiger partial charge in [0.2, 0.25) is 5.91 Å². The summed E-state index contributed by atoms with van der Waals surface area (Å²) in [6, 6.07) is 0.116. The molecule has 12 heavy (non-hydrogen) atoms. The summed E-state index contributed by atoms with van der Waals surface area (Å²) in [6.07, 6.45) is 2.44. The molecule has 1 heterocycles. The normalized spacial score (nSPS) is 20.8. The van der Waals surface area contributed by atoms with E-state index in [-0.39, 0.29) is 11.9 Å². The Balaban J connectivity index is 2.51. The molecule has 1 aliphatic heterocycles. The van der Waals surface area contributed by atoms with Crippen molar-refractivity contribution in [2.45, 2.75) is 25.8 Å². The first kappa shape index (κ1) is 9.26. The summed E-state index contributed by atoms with van der Waals surface area (Å²) >= 11 is 0. The lowest BCUT2D eigenvalue weighted by atomic mass is 10.1. The highest BCUT2D eigenvalue weighted by molar-refractivity contribution is 5.92. The van der Waals surface area contributed by atoms with Gasteiger partial charge >= 0.3 is 0 Å². The fourth-order valence-corrected chi connectivity index (χ4v) is 1.56. The van der Waals surface area contributed by atoms with Crippen LogP contribution in [0.2, 0.25) is 0 Å². The zero-order valence-corrected chi connectivity index (χ0v) is 7.55. The molecule has 0 aromatic heterocycles. The van der Waals surface area contributed by atoms with Crippen molar-refractivity contribution in [3.05, 3.63) is 12.2 Å². The van der Waals surface area contributed by atoms with Gasteiger partial charge in [0, 0.05) is 11.6 Å². The molecular formula is C9H16N2O. The molecule has 1 unspecified atom stereocenters. The second-order valence-electron chi connectivity index (χ2n) is 3.31. The molecule has 1 rings (SSSR count). The molecule has 1 saturated heterocycles. The number of amides is 1. The molecule has 0 spiro atoms. The van der Waals surface area contributed by atoms with E-state index in [2.05, 4.69) is 11.5 Å². The van der Waals surface area contributed by atoms with Gasteiger partial charge in [0.15, 0.2) is 0 Å². The Morgan fingerprint density at radius 1 is 1.50 bits per heavy atom. The molecule has 0 aliphatic carbocycles. The van der Waals surface area contributed by atoms with E-state index in [0.717, 1.165) is 13.1 Å². The van der Waals surface area contributed by atoms with Crippen molar-refractivity contribution in [2.75, 3.05) is 13.1 Å². The van der Waals surface area contributed by atoms with Crippen LogP contribution in [0.3, 0.4) is 0 Å². The van der Waals surface area contributed by atoms with Crippen LogP contribution in [0.25, 0.3) is 0 Å². The van der Waals surface area contributed by atoms with Gasteiger partial charge in [0.05, 0.1) is 0 Å². The highest BCUT2D eigenvalue weighted by Gasteiger charge is 2.22. The maximum Gasteiger partial charge on any atom is 0.245 e. The van der Waals surface area contributed by atoms with Gasteiger partial charge in [-0.1, -0.05) is 6.58 Å². The van der Waals surface area contributed by atoms with Crippen molar-refractivity contribution < 1.29 is 4.79 Å². The average molecular weight is 168 g/mol. The molecule has 1 aliphatic rings. The van der Waals surface area contributed by atoms with Crippen LogP contribution in [-0.2, 0) is 4.79 Å². The van der Waals surface area contributed by atoms with Crippen LogP contribution >= 0.6 is 0 Å². The summed E-state index contributed by atoms with van der Waals surface area (Å²) in [7, 11) is 0. The van der Waals surface area contributed by atoms with Crippen molar-refractivity contribution >= 4 is 5.91 Å². The van der Waals surface area contributed by atoms with Crippen LogP contribution in [-0.4, -0.2) is 29.9 Å². The van der Waals surface area contributed by atoms with Crippen LogP contribution in [0.1, 0.15) is 19.8 Å². The third kappa shape index (κ3) is 1.85. The molecule has 3 heteroatoms. The predicted molar refractivity (Wildman–Crippen MR) is 48.6 cm³/mol. The van der Waals surface area contributed by atoms with Gasteiger partial charge in [-0.25, -0.2) is 0 Å². The summed E-state index contributed by atoms with van der Waals surface area (Å²) in [5.41, 5.74) is 5.66. The quantitative estimate of drug-likeness (QED) is 0.624. The number of hydrogen-bond donors (Lipinski definition) is 1. The number of nitrogens with two attached hydrogens (primary N) is 1. The monoisotopic (exact) mass is 168 g/mol. The van der Waals surface area contributed by atoms with Gasteiger partial charge in [0.1, 0.15) is 0 Å². The minimum Gasteiger partial charge on any atom is -0.366 e. The van der Waals surface area contributed by atoms with Crippen molar-refractivity contribution in [3.63, 3.8) is 0 Å². The smallest absolute Gasteiger partial charge is 0.245 e. The number of carbonyl (C=O) groups is 1. The molecule has 0 saturated carbocycles. The number of rotatable bonds is 3. The van der Waals surface area contributed by atoms with Crippen molar-refractivity contribution in [3.8, 4) is 0 Å². The fraction of sp³-hybridized carbons (Fsp3) is 0.667. The topological polar surface area (TPSA) is 46.3 Å². The molecule has 0 aromatic rings. The SMILES string of the molecule is C=C(C(N)=O)C(C)N1CCCC1. The standard InChI is InChI=1S/C9H16N2O/c1-7(9(10)12)8(2)11-5-3-4-6-11/h8H,1,3-6H2,2H3,(H2,10,12). The summed E-state index contributed by atoms with van der Waals surface area (Å²) in [4.78, 5) is 13.0. The maximum absolute atomic E-state index is 10.8. The van der Waals surface area contributed by atoms with Crippen molar-refractivity contribution in [1.29, 1.82) is 0 Å². The zero-order chi connectivity index (χ0) is 9.14. The van der Waals surface area contributed by atoms with Crippen molar-refractivity contribution in [2.24, 2.45) is 5.73 Å². The number of hydrogen-bond acceptors (Lipinski definition) is 2. The summed E-state index contributed by atoms with van der Waals surface area (Å²) in [6.45, 7) is 7.79. The molecule has 1 amide bonds. The Hall–Kier alpha value is -0.830. The van der Waals surface area contributed by atoms with E-state index in [1.165, 1.54) is 12.8 Å². The molecule has 3 nitrogen and oxygen atoms in total. The second kappa shape index (κ2) is 3.72. The van der Waals surface area contributed by atoms with Crippen LogP contribution in [0.15, 0.2) is 12.2 Å². The Bertz CT molecular complexity index is 195. The number of nitrogens with zero attached hydrogens (tertiary/aromatic N) is 1. The first-order chi connectivity index (χ1) is 5.63. The maximum atomic E-state index is 10.8. The van der Waals surface area contributed by atoms with Crippen LogP contribution < -0.4 is 5.73 Å². The lowest BCUT2D eigenvalue weighted by molar-refractivity contribution is -0.115. The van der Waals surface area contributed by atoms with Crippen LogP contribution in [0.5, 0.6) is 0 Å². The molecule has 0 aromatic carbocycles. The van der Waals surface area contributed by atoms with E-state index in [1.54, 1.807) is 0 Å². The van der Waals surface area contributed by atoms with E-state index in [4.69, 9.17) is 5.73 Å². The Morgan fingerprint density at radius 3 is 2.42 bits per heavy atom. The molecule has 0 radical (unpaired) electrons. The highest BCUT2D eigenvalue weighted by Crippen LogP contribution is 2.15. The van der Waals surface area contributed by atoms with E-state index in [9.17, 15) is 4.79 Å². The van der Waals surface area contributed by atoms with Crippen LogP contribution in [0, 0.1) is 0 Å². The number of carbonyl (C=O) groups excluding carboxylic acids is 1. The van der Waals surface area contributed by atoms with E-state index in [1.807, 2.05) is 6.92 Å². The minimum absolute atomic E-state index is 0.116. The predicted octanol–water partition coefficient (Wildman–Crippen LogP) is 0.512. The van der Waals surface area contributed by atoms with E-state index in [0.29, 0.717) is 5.57 Å². The van der Waals surface area contributed by atoms with Crippen molar-refractivity contribution in [1.82, 2.24) is 4.90 Å². The third-order valence-corrected chi connectivity index (χ3v) is 2.51. The Kier molecular flexibility index (Phi) is 2.87. The minimum atomic E-state index is -0.380. The van der Waals surface area contributed by atoms with Gasteiger partial charge in [-0.15, -0.1) is 0 Å². The fourth-order valence-electron chi connectivity index (χ4n) is 1.56. The lowest BCUT2D eigenvalue weighted by Crippen LogP contribution is -2.35. The number of likely N-dealkylation sites (tertiary alicyclic amines) is 1. The molecule has 1 atom stereocenters. The van der Waals surface area contributed by atoms with Crippen LogP contribution in [0.4, 0.5) is 0 Å². The Labute approximate surface area is 73.2 Å². The summed E-state index contributed by atoms with van der Waals surface area (Å²) < 4.78 is 0. The summed E-state index contributed by atoms with van der Waals surface area (Å²) in [5, 5.41) is 0. The third-order valence-electron chi connectivity index (χ3n) is 2.51. The molecule has 0 bridgehead atoms. The highest BCUT2D eigenvalue weighted by atomic mass is 16.1. The van der Waals surface area contributed by atoms with Gasteiger partial charge in [0.25, 0.3) is 0 Å². The first-order valence-corrected chi connectivity index (χ1v) is 4.35. The van der Waals surface area contributed by atoms with Gasteiger partial charge in [-0.2, -0.15) is 0 Å². The van der Waals surface area contributed by atoms with E-state index < -0.39 is 0 Å². The largest absolute Gasteiger partial charge is 0.366 e. The van der Waals surface area contributed by atoms with Gasteiger partial charge in [-0.05, 0) is 32.9 Å².